The first-order valence-electron chi connectivity index (χ1n) is 7.21. The van der Waals surface area contributed by atoms with Crippen LogP contribution in [0.3, 0.4) is 0 Å². The Morgan fingerprint density at radius 2 is 1.58 bits per heavy atom. The van der Waals surface area contributed by atoms with Gasteiger partial charge >= 0.3 is 12.0 Å². The number of primary amides is 1. The standard InChI is InChI=1S/C12H22N6O8/c1-4(20)8(11(24)25)16-12(26)15-6(2-7(14)21)10(23)18-17-9(22)5(13)3-19/h4-6,8,19-20H,2-3,13H2,1H3,(H2,14,21)(H,17,22)(H,18,23)(H,24,25)(H2,15,16,26)/t4?,5-,6-,8-/m1/s1. The molecule has 0 aromatic rings. The number of nitrogens with one attached hydrogen (secondary N) is 4. The Balaban J connectivity index is 4.90. The molecule has 0 aromatic carbocycles. The monoisotopic (exact) mass is 378 g/mol. The molecule has 26 heavy (non-hydrogen) atoms. The number of carbonyl (C=O) groups is 5. The molecule has 0 fully saturated rings. The number of carboxylic acids is 1. The zero-order chi connectivity index (χ0) is 20.4. The van der Waals surface area contributed by atoms with Gasteiger partial charge in [-0.25, -0.2) is 9.59 Å². The molecule has 0 saturated carbocycles. The number of nitrogens with two attached hydrogens (primary N) is 2. The zero-order valence-corrected chi connectivity index (χ0v) is 13.8. The Morgan fingerprint density at radius 1 is 1.04 bits per heavy atom. The van der Waals surface area contributed by atoms with Crippen LogP contribution in [0.5, 0.6) is 0 Å². The molecule has 0 radical (unpaired) electrons. The van der Waals surface area contributed by atoms with Crippen molar-refractivity contribution in [2.24, 2.45) is 11.5 Å². The summed E-state index contributed by atoms with van der Waals surface area (Å²) in [6.45, 7) is 0.426. The summed E-state index contributed by atoms with van der Waals surface area (Å²) in [5.74, 6) is -4.52. The summed E-state index contributed by atoms with van der Waals surface area (Å²) in [6.07, 6.45) is -2.12. The van der Waals surface area contributed by atoms with Crippen LogP contribution in [-0.2, 0) is 19.2 Å². The summed E-state index contributed by atoms with van der Waals surface area (Å²) in [5, 5.41) is 30.7. The predicted octanol–water partition coefficient (Wildman–Crippen LogP) is -5.17. The third-order valence-electron chi connectivity index (χ3n) is 2.90. The van der Waals surface area contributed by atoms with Crippen molar-refractivity contribution < 1.29 is 39.3 Å². The van der Waals surface area contributed by atoms with Crippen LogP contribution in [0.25, 0.3) is 0 Å². The van der Waals surface area contributed by atoms with Crippen molar-refractivity contribution in [1.82, 2.24) is 21.5 Å². The molecule has 1 unspecified atom stereocenters. The highest BCUT2D eigenvalue weighted by molar-refractivity contribution is 5.93. The van der Waals surface area contributed by atoms with E-state index in [0.717, 1.165) is 6.92 Å². The molecule has 0 spiro atoms. The van der Waals surface area contributed by atoms with Crippen molar-refractivity contribution in [3.05, 3.63) is 0 Å². The van der Waals surface area contributed by atoms with E-state index >= 15 is 0 Å². The van der Waals surface area contributed by atoms with Crippen LogP contribution in [-0.4, -0.2) is 75.9 Å². The van der Waals surface area contributed by atoms with Gasteiger partial charge in [-0.1, -0.05) is 0 Å². The van der Waals surface area contributed by atoms with E-state index in [-0.39, 0.29) is 0 Å². The average molecular weight is 378 g/mol. The van der Waals surface area contributed by atoms with Crippen molar-refractivity contribution >= 4 is 29.7 Å². The molecule has 0 saturated heterocycles. The van der Waals surface area contributed by atoms with E-state index in [2.05, 4.69) is 0 Å². The third-order valence-corrected chi connectivity index (χ3v) is 2.90. The van der Waals surface area contributed by atoms with Gasteiger partial charge < -0.3 is 37.4 Å². The van der Waals surface area contributed by atoms with Gasteiger partial charge in [0, 0.05) is 0 Å². The van der Waals surface area contributed by atoms with E-state index in [4.69, 9.17) is 21.7 Å². The van der Waals surface area contributed by atoms with Crippen molar-refractivity contribution in [2.75, 3.05) is 6.61 Å². The van der Waals surface area contributed by atoms with Crippen LogP contribution in [0.1, 0.15) is 13.3 Å². The largest absolute Gasteiger partial charge is 0.480 e. The highest BCUT2D eigenvalue weighted by Gasteiger charge is 2.28. The Labute approximate surface area is 147 Å². The quantitative estimate of drug-likeness (QED) is 0.174. The van der Waals surface area contributed by atoms with Gasteiger partial charge in [-0.2, -0.15) is 0 Å². The molecular formula is C12H22N6O8. The number of amides is 5. The number of hydrazine groups is 1. The maximum atomic E-state index is 11.9. The first-order valence-corrected chi connectivity index (χ1v) is 7.21. The molecule has 0 aliphatic rings. The van der Waals surface area contributed by atoms with Gasteiger partial charge in [0.25, 0.3) is 11.8 Å². The molecule has 0 bridgehead atoms. The van der Waals surface area contributed by atoms with Gasteiger partial charge in [0.15, 0.2) is 6.04 Å². The fraction of sp³-hybridized carbons (Fsp3) is 0.583. The summed E-state index contributed by atoms with van der Waals surface area (Å²) in [4.78, 5) is 57.0. The number of aliphatic carboxylic acids is 1. The lowest BCUT2D eigenvalue weighted by Crippen LogP contribution is -2.59. The molecule has 0 aromatic heterocycles. The lowest BCUT2D eigenvalue weighted by atomic mass is 10.1. The maximum absolute atomic E-state index is 11.9. The van der Waals surface area contributed by atoms with Crippen LogP contribution in [0, 0.1) is 0 Å². The summed E-state index contributed by atoms with van der Waals surface area (Å²) in [7, 11) is 0. The van der Waals surface area contributed by atoms with E-state index in [9.17, 15) is 29.1 Å². The van der Waals surface area contributed by atoms with Gasteiger partial charge in [-0.3, -0.25) is 25.2 Å². The molecule has 5 amide bonds. The molecule has 0 aliphatic heterocycles. The van der Waals surface area contributed by atoms with Crippen molar-refractivity contribution in [1.29, 1.82) is 0 Å². The van der Waals surface area contributed by atoms with Crippen molar-refractivity contribution in [3.8, 4) is 0 Å². The van der Waals surface area contributed by atoms with Crippen LogP contribution in [0.2, 0.25) is 0 Å². The van der Waals surface area contributed by atoms with Crippen LogP contribution in [0.15, 0.2) is 0 Å². The average Bonchev–Trinajstić information content (AvgIpc) is 2.54. The number of carboxylic acid groups (broad SMARTS) is 1. The summed E-state index contributed by atoms with van der Waals surface area (Å²) >= 11 is 0. The summed E-state index contributed by atoms with van der Waals surface area (Å²) < 4.78 is 0. The maximum Gasteiger partial charge on any atom is 0.328 e. The summed E-state index contributed by atoms with van der Waals surface area (Å²) in [6, 6.07) is -5.74. The fourth-order valence-corrected chi connectivity index (χ4v) is 1.53. The number of rotatable bonds is 9. The minimum Gasteiger partial charge on any atom is -0.480 e. The molecule has 148 valence electrons. The zero-order valence-electron chi connectivity index (χ0n) is 13.8. The Kier molecular flexibility index (Phi) is 9.57. The number of carbonyl (C=O) groups excluding carboxylic acids is 4. The molecule has 14 heteroatoms. The number of urea groups is 1. The van der Waals surface area contributed by atoms with Gasteiger partial charge in [-0.05, 0) is 6.92 Å². The molecule has 0 aliphatic carbocycles. The smallest absolute Gasteiger partial charge is 0.328 e. The molecule has 14 nitrogen and oxygen atoms in total. The SMILES string of the molecule is CC(O)[C@@H](NC(=O)N[C@H](CC(N)=O)C(=O)NNC(=O)[C@H](N)CO)C(=O)O. The van der Waals surface area contributed by atoms with Crippen LogP contribution in [0.4, 0.5) is 4.79 Å². The third kappa shape index (κ3) is 8.22. The van der Waals surface area contributed by atoms with Gasteiger partial charge in [0.1, 0.15) is 12.1 Å². The van der Waals surface area contributed by atoms with Crippen molar-refractivity contribution in [3.63, 3.8) is 0 Å². The number of aliphatic hydroxyl groups excluding tert-OH is 2. The second-order valence-electron chi connectivity index (χ2n) is 5.16. The van der Waals surface area contributed by atoms with E-state index in [1.165, 1.54) is 0 Å². The predicted molar refractivity (Wildman–Crippen MR) is 83.7 cm³/mol. The molecule has 0 rings (SSSR count). The second kappa shape index (κ2) is 10.8. The fourth-order valence-electron chi connectivity index (χ4n) is 1.53. The Morgan fingerprint density at radius 3 is 2.00 bits per heavy atom. The van der Waals surface area contributed by atoms with E-state index in [0.29, 0.717) is 0 Å². The van der Waals surface area contributed by atoms with E-state index in [1.807, 2.05) is 21.5 Å². The first-order chi connectivity index (χ1) is 12.0. The van der Waals surface area contributed by atoms with Crippen LogP contribution >= 0.6 is 0 Å². The topological polar surface area (TPSA) is 246 Å². The van der Waals surface area contributed by atoms with Gasteiger partial charge in [0.05, 0.1) is 19.1 Å². The lowest BCUT2D eigenvalue weighted by Gasteiger charge is -2.21. The van der Waals surface area contributed by atoms with Crippen LogP contribution < -0.4 is 33.0 Å². The summed E-state index contributed by atoms with van der Waals surface area (Å²) in [5.41, 5.74) is 13.9. The van der Waals surface area contributed by atoms with Crippen molar-refractivity contribution in [2.45, 2.75) is 37.6 Å². The number of hydrogen-bond donors (Lipinski definition) is 9. The molecular weight excluding hydrogens is 356 g/mol. The normalized spacial score (nSPS) is 14.9. The molecule has 11 N–H and O–H groups in total. The minimum atomic E-state index is -1.67. The van der Waals surface area contributed by atoms with E-state index in [1.54, 1.807) is 0 Å². The van der Waals surface area contributed by atoms with Gasteiger partial charge in [-0.15, -0.1) is 0 Å². The van der Waals surface area contributed by atoms with E-state index < -0.39 is 67.0 Å². The number of hydrogen-bond acceptors (Lipinski definition) is 8. The lowest BCUT2D eigenvalue weighted by molar-refractivity contribution is -0.141. The first kappa shape index (κ1) is 23.0. The second-order valence-corrected chi connectivity index (χ2v) is 5.16. The molecule has 0 heterocycles. The number of aliphatic hydroxyl groups is 2. The highest BCUT2D eigenvalue weighted by Crippen LogP contribution is 1.96. The molecule has 4 atom stereocenters. The highest BCUT2D eigenvalue weighted by atomic mass is 16.4. The van der Waals surface area contributed by atoms with Gasteiger partial charge in [0.2, 0.25) is 5.91 Å². The minimum absolute atomic E-state index is 0.673. The Hall–Kier alpha value is -2.97. The Bertz CT molecular complexity index is 554.